The van der Waals surface area contributed by atoms with Crippen molar-refractivity contribution in [2.45, 2.75) is 36.5 Å². The average molecular weight is 898 g/mol. The highest BCUT2D eigenvalue weighted by Gasteiger charge is 2.76. The molecule has 2 unspecified atom stereocenters. The summed E-state index contributed by atoms with van der Waals surface area (Å²) in [5.74, 6) is 0.211. The molecular formula is C14H11Br9. The highest BCUT2D eigenvalue weighted by molar-refractivity contribution is 9.34. The lowest BCUT2D eigenvalue weighted by molar-refractivity contribution is 0.362. The van der Waals surface area contributed by atoms with E-state index in [1.165, 1.54) is 5.56 Å². The number of alkyl halides is 9. The van der Waals surface area contributed by atoms with Gasteiger partial charge in [0.2, 0.25) is 0 Å². The van der Waals surface area contributed by atoms with Crippen molar-refractivity contribution in [2.24, 2.45) is 0 Å². The average Bonchev–Trinajstić information content (AvgIpc) is 2.45. The van der Waals surface area contributed by atoms with Crippen molar-refractivity contribution in [1.29, 1.82) is 0 Å². The molecule has 130 valence electrons. The van der Waals surface area contributed by atoms with Crippen molar-refractivity contribution in [3.63, 3.8) is 0 Å². The highest BCUT2D eigenvalue weighted by atomic mass is 79.9. The van der Waals surface area contributed by atoms with Crippen LogP contribution in [0.5, 0.6) is 0 Å². The summed E-state index contributed by atoms with van der Waals surface area (Å²) in [5.41, 5.74) is 1.26. The van der Waals surface area contributed by atoms with Crippen LogP contribution in [-0.2, 0) is 0 Å². The van der Waals surface area contributed by atoms with Crippen LogP contribution in [0.15, 0.2) is 30.3 Å². The molecule has 9 heteroatoms. The molecule has 1 fully saturated rings. The van der Waals surface area contributed by atoms with Gasteiger partial charge in [0.1, 0.15) is 12.9 Å². The number of benzene rings is 1. The minimum absolute atomic E-state index is 0.211. The summed E-state index contributed by atoms with van der Waals surface area (Å²) in [6, 6.07) is 10.5. The summed E-state index contributed by atoms with van der Waals surface area (Å²) in [4.78, 5) is 0. The van der Waals surface area contributed by atoms with Crippen LogP contribution in [0, 0.1) is 0 Å². The van der Waals surface area contributed by atoms with E-state index >= 15 is 0 Å². The molecule has 1 aliphatic rings. The number of rotatable bonds is 2. The Hall–Kier alpha value is 3.54. The lowest BCUT2D eigenvalue weighted by Gasteiger charge is -2.62. The molecule has 1 aliphatic carbocycles. The summed E-state index contributed by atoms with van der Waals surface area (Å²) >= 11 is 35.0. The Morgan fingerprint density at radius 2 is 1.22 bits per heavy atom. The van der Waals surface area contributed by atoms with Crippen molar-refractivity contribution in [2.75, 3.05) is 0 Å². The standard InChI is InChI=1S/C14H11Br9/c1-8(9-5-3-2-4-6-9)10(15)7-11(16,17)13(20,21)14(22,23)12(10,18)19/h2-6,8H,7H2,1H3. The molecule has 0 heterocycles. The summed E-state index contributed by atoms with van der Waals surface area (Å²) in [7, 11) is 0. The van der Waals surface area contributed by atoms with Gasteiger partial charge in [-0.25, -0.2) is 0 Å². The van der Waals surface area contributed by atoms with Gasteiger partial charge in [-0.15, -0.1) is 0 Å². The second kappa shape index (κ2) is 7.42. The van der Waals surface area contributed by atoms with Crippen LogP contribution in [0.4, 0.5) is 0 Å². The third-order valence-corrected chi connectivity index (χ3v) is 22.5. The Balaban J connectivity index is 2.62. The van der Waals surface area contributed by atoms with Crippen molar-refractivity contribution in [3.8, 4) is 0 Å². The van der Waals surface area contributed by atoms with Crippen LogP contribution in [0.25, 0.3) is 0 Å². The molecule has 1 aromatic rings. The molecule has 0 bridgehead atoms. The zero-order valence-electron chi connectivity index (χ0n) is 11.6. The molecule has 0 amide bonds. The van der Waals surface area contributed by atoms with E-state index in [-0.39, 0.29) is 10.2 Å². The largest absolute Gasteiger partial charge is 0.134 e. The third-order valence-electron chi connectivity index (χ3n) is 4.24. The first-order valence-electron chi connectivity index (χ1n) is 6.47. The van der Waals surface area contributed by atoms with Gasteiger partial charge in [0.25, 0.3) is 0 Å². The van der Waals surface area contributed by atoms with Crippen LogP contribution < -0.4 is 0 Å². The first-order valence-corrected chi connectivity index (χ1v) is 13.6. The molecule has 2 atom stereocenters. The van der Waals surface area contributed by atoms with Gasteiger partial charge < -0.3 is 0 Å². The fraction of sp³-hybridized carbons (Fsp3) is 0.571. The Morgan fingerprint density at radius 3 is 1.70 bits per heavy atom. The number of halogens is 9. The maximum absolute atomic E-state index is 4.07. The van der Waals surface area contributed by atoms with E-state index in [4.69, 9.17) is 0 Å². The van der Waals surface area contributed by atoms with Gasteiger partial charge in [-0.1, -0.05) is 181 Å². The van der Waals surface area contributed by atoms with E-state index in [1.807, 2.05) is 6.07 Å². The molecule has 0 aromatic heterocycles. The van der Waals surface area contributed by atoms with Gasteiger partial charge in [0, 0.05) is 0 Å². The van der Waals surface area contributed by atoms with E-state index in [0.717, 1.165) is 6.42 Å². The fourth-order valence-electron chi connectivity index (χ4n) is 2.66. The minimum Gasteiger partial charge on any atom is -0.0820 e. The summed E-state index contributed by atoms with van der Waals surface area (Å²) in [6.07, 6.45) is 0.766. The molecule has 1 saturated carbocycles. The molecule has 0 N–H and O–H groups in total. The van der Waals surface area contributed by atoms with E-state index in [9.17, 15) is 0 Å². The first kappa shape index (κ1) is 22.8. The van der Waals surface area contributed by atoms with Crippen LogP contribution in [0.3, 0.4) is 0 Å². The lowest BCUT2D eigenvalue weighted by atomic mass is 9.77. The Labute approximate surface area is 212 Å². The zero-order valence-corrected chi connectivity index (χ0v) is 25.8. The highest BCUT2D eigenvalue weighted by Crippen LogP contribution is 2.77. The number of hydrogen-bond donors (Lipinski definition) is 0. The summed E-state index contributed by atoms with van der Waals surface area (Å²) in [6.45, 7) is 2.23. The molecule has 2 rings (SSSR count). The SMILES string of the molecule is CC(c1ccccc1)C1(Br)CC(Br)(Br)C(Br)(Br)C(Br)(Br)C1(Br)Br. The van der Waals surface area contributed by atoms with Crippen molar-refractivity contribution in [3.05, 3.63) is 35.9 Å². The normalized spacial score (nSPS) is 32.3. The van der Waals surface area contributed by atoms with Gasteiger partial charge >= 0.3 is 0 Å². The van der Waals surface area contributed by atoms with Gasteiger partial charge in [0.05, 0.1) is 4.32 Å². The predicted molar refractivity (Wildman–Crippen MR) is 133 cm³/mol. The van der Waals surface area contributed by atoms with Crippen LogP contribution in [0.2, 0.25) is 0 Å². The summed E-state index contributed by atoms with van der Waals surface area (Å²) < 4.78 is -2.45. The molecule has 0 spiro atoms. The maximum atomic E-state index is 4.07. The zero-order chi connectivity index (χ0) is 17.9. The monoisotopic (exact) mass is 889 g/mol. The van der Waals surface area contributed by atoms with Crippen LogP contribution in [-0.4, -0.2) is 17.3 Å². The first-order chi connectivity index (χ1) is 10.2. The van der Waals surface area contributed by atoms with Crippen LogP contribution >= 0.6 is 143 Å². The Kier molecular flexibility index (Phi) is 7.36. The molecule has 0 radical (unpaired) electrons. The molecule has 0 aliphatic heterocycles. The molecule has 0 saturated heterocycles. The minimum atomic E-state index is -0.599. The Bertz CT molecular complexity index is 581. The second-order valence-corrected chi connectivity index (χ2v) is 21.1. The van der Waals surface area contributed by atoms with Crippen LogP contribution in [0.1, 0.15) is 24.8 Å². The van der Waals surface area contributed by atoms with Gasteiger partial charge in [-0.3, -0.25) is 0 Å². The second-order valence-electron chi connectivity index (χ2n) is 5.60. The van der Waals surface area contributed by atoms with Gasteiger partial charge in [-0.2, -0.15) is 0 Å². The molecule has 23 heavy (non-hydrogen) atoms. The molecule has 0 nitrogen and oxygen atoms in total. The number of hydrogen-bond acceptors (Lipinski definition) is 0. The topological polar surface area (TPSA) is 0 Å². The van der Waals surface area contributed by atoms with E-state index in [0.29, 0.717) is 0 Å². The predicted octanol–water partition coefficient (Wildman–Crippen LogP) is 9.27. The molecule has 1 aromatic carbocycles. The third kappa shape index (κ3) is 3.51. The molecular weight excluding hydrogens is 887 g/mol. The summed E-state index contributed by atoms with van der Waals surface area (Å²) in [5, 5.41) is 0. The van der Waals surface area contributed by atoms with Crippen molar-refractivity contribution in [1.82, 2.24) is 0 Å². The van der Waals surface area contributed by atoms with E-state index in [2.05, 4.69) is 175 Å². The van der Waals surface area contributed by atoms with E-state index in [1.54, 1.807) is 0 Å². The maximum Gasteiger partial charge on any atom is 0.134 e. The fourth-order valence-corrected chi connectivity index (χ4v) is 12.4. The van der Waals surface area contributed by atoms with Crippen molar-refractivity contribution < 1.29 is 0 Å². The van der Waals surface area contributed by atoms with Gasteiger partial charge in [-0.05, 0) is 17.9 Å². The van der Waals surface area contributed by atoms with Gasteiger partial charge in [0.15, 0.2) is 0 Å². The van der Waals surface area contributed by atoms with E-state index < -0.39 is 12.9 Å². The Morgan fingerprint density at radius 1 is 0.739 bits per heavy atom. The smallest absolute Gasteiger partial charge is 0.0820 e. The van der Waals surface area contributed by atoms with Crippen molar-refractivity contribution >= 4 is 143 Å². The quantitative estimate of drug-likeness (QED) is 0.260. The lowest BCUT2D eigenvalue weighted by Crippen LogP contribution is -2.70.